The zero-order valence-corrected chi connectivity index (χ0v) is 16.0. The van der Waals surface area contributed by atoms with E-state index < -0.39 is 23.6 Å². The smallest absolute Gasteiger partial charge is 0.255 e. The Hall–Kier alpha value is -2.32. The van der Waals surface area contributed by atoms with E-state index in [2.05, 4.69) is 31.9 Å². The summed E-state index contributed by atoms with van der Waals surface area (Å²) >= 11 is 8.58. The summed E-state index contributed by atoms with van der Waals surface area (Å²) in [7, 11) is 0. The minimum absolute atomic E-state index is 0.164. The van der Waals surface area contributed by atoms with Gasteiger partial charge in [0.05, 0.1) is 11.6 Å². The standard InChI is InChI=1S/C18H14BrF2N3OS/c1-9-15(17(25)23-12-6-7-13(20)14(21)8-12)16(24-18(26)22-9)10-2-4-11(19)5-3-10/h2-8,16H,1H3,(H,23,25)(H2,22,24,26)/t16-/m1/s1. The van der Waals surface area contributed by atoms with Crippen LogP contribution < -0.4 is 16.0 Å². The second-order valence-corrected chi connectivity index (χ2v) is 7.03. The molecule has 26 heavy (non-hydrogen) atoms. The first-order chi connectivity index (χ1) is 12.3. The molecule has 1 amide bonds. The predicted octanol–water partition coefficient (Wildman–Crippen LogP) is 4.16. The molecule has 1 aliphatic heterocycles. The molecule has 0 spiro atoms. The fourth-order valence-electron chi connectivity index (χ4n) is 2.67. The predicted molar refractivity (Wildman–Crippen MR) is 103 cm³/mol. The third-order valence-electron chi connectivity index (χ3n) is 3.89. The molecule has 2 aromatic rings. The lowest BCUT2D eigenvalue weighted by molar-refractivity contribution is -0.113. The topological polar surface area (TPSA) is 53.2 Å². The van der Waals surface area contributed by atoms with Crippen LogP contribution in [0, 0.1) is 11.6 Å². The minimum atomic E-state index is -1.03. The van der Waals surface area contributed by atoms with Crippen LogP contribution in [0.15, 0.2) is 58.2 Å². The molecule has 8 heteroatoms. The lowest BCUT2D eigenvalue weighted by Gasteiger charge is -2.30. The van der Waals surface area contributed by atoms with Crippen molar-refractivity contribution in [2.75, 3.05) is 5.32 Å². The summed E-state index contributed by atoms with van der Waals surface area (Å²) in [6.07, 6.45) is 0. The first-order valence-electron chi connectivity index (χ1n) is 7.65. The van der Waals surface area contributed by atoms with Gasteiger partial charge in [-0.2, -0.15) is 0 Å². The van der Waals surface area contributed by atoms with E-state index >= 15 is 0 Å². The first kappa shape index (κ1) is 18.5. The number of carbonyl (C=O) groups excluding carboxylic acids is 1. The Kier molecular flexibility index (Phi) is 5.33. The van der Waals surface area contributed by atoms with Gasteiger partial charge in [-0.05, 0) is 49.0 Å². The monoisotopic (exact) mass is 437 g/mol. The molecule has 0 aliphatic carbocycles. The van der Waals surface area contributed by atoms with E-state index in [0.717, 1.165) is 22.2 Å². The van der Waals surface area contributed by atoms with Gasteiger partial charge in [0.2, 0.25) is 0 Å². The van der Waals surface area contributed by atoms with Crippen LogP contribution in [0.2, 0.25) is 0 Å². The molecule has 1 heterocycles. The van der Waals surface area contributed by atoms with Crippen molar-refractivity contribution in [1.82, 2.24) is 10.6 Å². The van der Waals surface area contributed by atoms with Crippen molar-refractivity contribution < 1.29 is 13.6 Å². The summed E-state index contributed by atoms with van der Waals surface area (Å²) in [5.41, 5.74) is 2.00. The second kappa shape index (κ2) is 7.51. The number of allylic oxidation sites excluding steroid dienone is 1. The maximum atomic E-state index is 13.4. The van der Waals surface area contributed by atoms with E-state index in [9.17, 15) is 13.6 Å². The van der Waals surface area contributed by atoms with Gasteiger partial charge in [-0.15, -0.1) is 0 Å². The Morgan fingerprint density at radius 2 is 1.85 bits per heavy atom. The quantitative estimate of drug-likeness (QED) is 0.631. The van der Waals surface area contributed by atoms with Crippen LogP contribution in [0.1, 0.15) is 18.5 Å². The third kappa shape index (κ3) is 3.91. The molecule has 0 aromatic heterocycles. The van der Waals surface area contributed by atoms with Crippen molar-refractivity contribution in [3.8, 4) is 0 Å². The molecular weight excluding hydrogens is 424 g/mol. The molecule has 0 saturated carbocycles. The zero-order valence-electron chi connectivity index (χ0n) is 13.6. The van der Waals surface area contributed by atoms with Crippen LogP contribution in [0.5, 0.6) is 0 Å². The zero-order chi connectivity index (χ0) is 18.8. The number of thiocarbonyl (C=S) groups is 1. The molecule has 3 rings (SSSR count). The lowest BCUT2D eigenvalue weighted by atomic mass is 9.95. The maximum Gasteiger partial charge on any atom is 0.255 e. The summed E-state index contributed by atoms with van der Waals surface area (Å²) in [4.78, 5) is 12.8. The van der Waals surface area contributed by atoms with E-state index in [4.69, 9.17) is 12.2 Å². The number of hydrogen-bond acceptors (Lipinski definition) is 2. The van der Waals surface area contributed by atoms with Crippen LogP contribution in [0.4, 0.5) is 14.5 Å². The summed E-state index contributed by atoms with van der Waals surface area (Å²) in [5, 5.41) is 9.00. The van der Waals surface area contributed by atoms with Gasteiger partial charge < -0.3 is 16.0 Å². The Balaban J connectivity index is 1.93. The Labute approximate surface area is 162 Å². The van der Waals surface area contributed by atoms with E-state index in [1.165, 1.54) is 6.07 Å². The Bertz CT molecular complexity index is 915. The van der Waals surface area contributed by atoms with Gasteiger partial charge >= 0.3 is 0 Å². The van der Waals surface area contributed by atoms with Crippen molar-refractivity contribution in [3.05, 3.63) is 75.4 Å². The highest BCUT2D eigenvalue weighted by Gasteiger charge is 2.30. The van der Waals surface area contributed by atoms with Gasteiger partial charge in [0, 0.05) is 21.9 Å². The largest absolute Gasteiger partial charge is 0.351 e. The molecule has 134 valence electrons. The minimum Gasteiger partial charge on any atom is -0.351 e. The Morgan fingerprint density at radius 3 is 2.50 bits per heavy atom. The van der Waals surface area contributed by atoms with E-state index in [1.54, 1.807) is 6.92 Å². The summed E-state index contributed by atoms with van der Waals surface area (Å²) in [6.45, 7) is 1.74. The molecule has 0 radical (unpaired) electrons. The highest BCUT2D eigenvalue weighted by atomic mass is 79.9. The van der Waals surface area contributed by atoms with Gasteiger partial charge in [0.25, 0.3) is 5.91 Å². The van der Waals surface area contributed by atoms with Crippen LogP contribution in [-0.2, 0) is 4.79 Å². The number of anilines is 1. The van der Waals surface area contributed by atoms with Crippen molar-refractivity contribution in [3.63, 3.8) is 0 Å². The molecule has 0 bridgehead atoms. The number of nitrogens with one attached hydrogen (secondary N) is 3. The highest BCUT2D eigenvalue weighted by Crippen LogP contribution is 2.29. The number of hydrogen-bond donors (Lipinski definition) is 3. The van der Waals surface area contributed by atoms with Crippen molar-refractivity contribution in [2.45, 2.75) is 13.0 Å². The average molecular weight is 438 g/mol. The third-order valence-corrected chi connectivity index (χ3v) is 4.64. The molecule has 1 aliphatic rings. The second-order valence-electron chi connectivity index (χ2n) is 5.70. The average Bonchev–Trinajstić information content (AvgIpc) is 2.58. The first-order valence-corrected chi connectivity index (χ1v) is 8.85. The number of amides is 1. The summed E-state index contributed by atoms with van der Waals surface area (Å²) < 4.78 is 27.4. The highest BCUT2D eigenvalue weighted by molar-refractivity contribution is 9.10. The van der Waals surface area contributed by atoms with E-state index in [1.807, 2.05) is 24.3 Å². The molecule has 0 saturated heterocycles. The number of rotatable bonds is 3. The molecular formula is C18H14BrF2N3OS. The summed E-state index contributed by atoms with van der Waals surface area (Å²) in [6, 6.07) is 10.2. The van der Waals surface area contributed by atoms with Crippen molar-refractivity contribution >= 4 is 44.9 Å². The normalized spacial score (nSPS) is 16.8. The van der Waals surface area contributed by atoms with Crippen LogP contribution in [0.3, 0.4) is 0 Å². The van der Waals surface area contributed by atoms with Crippen LogP contribution in [0.25, 0.3) is 0 Å². The van der Waals surface area contributed by atoms with Gasteiger partial charge in [-0.3, -0.25) is 4.79 Å². The van der Waals surface area contributed by atoms with E-state index in [-0.39, 0.29) is 5.69 Å². The molecule has 0 unspecified atom stereocenters. The fourth-order valence-corrected chi connectivity index (χ4v) is 3.21. The molecule has 3 N–H and O–H groups in total. The van der Waals surface area contributed by atoms with Gasteiger partial charge in [-0.25, -0.2) is 8.78 Å². The molecule has 4 nitrogen and oxygen atoms in total. The molecule has 1 atom stereocenters. The molecule has 2 aromatic carbocycles. The van der Waals surface area contributed by atoms with Crippen molar-refractivity contribution in [2.24, 2.45) is 0 Å². The fraction of sp³-hybridized carbons (Fsp3) is 0.111. The maximum absolute atomic E-state index is 13.4. The van der Waals surface area contributed by atoms with E-state index in [0.29, 0.717) is 16.4 Å². The molecule has 0 fully saturated rings. The van der Waals surface area contributed by atoms with Gasteiger partial charge in [0.15, 0.2) is 16.7 Å². The van der Waals surface area contributed by atoms with Crippen LogP contribution in [-0.4, -0.2) is 11.0 Å². The summed E-state index contributed by atoms with van der Waals surface area (Å²) in [5.74, 6) is -2.44. The van der Waals surface area contributed by atoms with Gasteiger partial charge in [-0.1, -0.05) is 28.1 Å². The van der Waals surface area contributed by atoms with Crippen LogP contribution >= 0.6 is 28.1 Å². The number of halogens is 3. The SMILES string of the molecule is CC1=C(C(=O)Nc2ccc(F)c(F)c2)[C@@H](c2ccc(Br)cc2)NC(=S)N1. The number of carbonyl (C=O) groups is 1. The Morgan fingerprint density at radius 1 is 1.15 bits per heavy atom. The van der Waals surface area contributed by atoms with Gasteiger partial charge in [0.1, 0.15) is 0 Å². The van der Waals surface area contributed by atoms with Crippen molar-refractivity contribution in [1.29, 1.82) is 0 Å². The lowest BCUT2D eigenvalue weighted by Crippen LogP contribution is -2.45. The number of benzene rings is 2.